The number of alkyl halides is 3. The number of rotatable bonds is 4. The molecule has 0 saturated carbocycles. The summed E-state index contributed by atoms with van der Waals surface area (Å²) in [7, 11) is 0. The number of amides is 1. The zero-order valence-electron chi connectivity index (χ0n) is 9.85. The number of nitrogens with one attached hydrogen (secondary N) is 1. The number of para-hydroxylation sites is 1. The highest BCUT2D eigenvalue weighted by molar-refractivity contribution is 6.99. The van der Waals surface area contributed by atoms with Crippen LogP contribution >= 0.6 is 11.7 Å². The van der Waals surface area contributed by atoms with Crippen LogP contribution in [0.15, 0.2) is 30.5 Å². The Morgan fingerprint density at radius 3 is 2.75 bits per heavy atom. The molecule has 0 unspecified atom stereocenters. The van der Waals surface area contributed by atoms with Crippen LogP contribution in [0.3, 0.4) is 0 Å². The first kappa shape index (κ1) is 14.3. The molecule has 2 aromatic rings. The Morgan fingerprint density at radius 2 is 2.10 bits per heavy atom. The van der Waals surface area contributed by atoms with Gasteiger partial charge in [0.25, 0.3) is 5.91 Å². The molecule has 1 heterocycles. The molecular formula is C11H8F3N3O2S. The van der Waals surface area contributed by atoms with Crippen LogP contribution in [0.2, 0.25) is 0 Å². The lowest BCUT2D eigenvalue weighted by Crippen LogP contribution is -2.24. The summed E-state index contributed by atoms with van der Waals surface area (Å²) in [6.45, 7) is -0.109. The number of hydrogen-bond donors (Lipinski definition) is 1. The van der Waals surface area contributed by atoms with Crippen molar-refractivity contribution in [2.24, 2.45) is 0 Å². The standard InChI is InChI=1S/C11H8F3N3O2S/c12-11(13,14)19-9-4-2-1-3-7(9)5-15-10(18)8-6-16-20-17-8/h1-4,6H,5H2,(H,15,18). The van der Waals surface area contributed by atoms with E-state index in [1.54, 1.807) is 6.07 Å². The Bertz CT molecular complexity index is 587. The quantitative estimate of drug-likeness (QED) is 0.942. The van der Waals surface area contributed by atoms with Crippen molar-refractivity contribution in [1.29, 1.82) is 0 Å². The summed E-state index contributed by atoms with van der Waals surface area (Å²) in [5.74, 6) is -0.864. The van der Waals surface area contributed by atoms with Gasteiger partial charge in [0.15, 0.2) is 5.69 Å². The van der Waals surface area contributed by atoms with Crippen molar-refractivity contribution in [3.8, 4) is 5.75 Å². The van der Waals surface area contributed by atoms with Gasteiger partial charge < -0.3 is 10.1 Å². The molecule has 0 spiro atoms. The summed E-state index contributed by atoms with van der Waals surface area (Å²) in [5, 5.41) is 2.45. The van der Waals surface area contributed by atoms with Gasteiger partial charge in [0, 0.05) is 12.1 Å². The van der Waals surface area contributed by atoms with E-state index < -0.39 is 12.3 Å². The minimum absolute atomic E-state index is 0.109. The summed E-state index contributed by atoms with van der Waals surface area (Å²) < 4.78 is 47.9. The summed E-state index contributed by atoms with van der Waals surface area (Å²) in [6, 6.07) is 5.58. The lowest BCUT2D eigenvalue weighted by molar-refractivity contribution is -0.274. The number of aromatic nitrogens is 2. The molecule has 0 atom stereocenters. The van der Waals surface area contributed by atoms with Crippen molar-refractivity contribution in [3.63, 3.8) is 0 Å². The number of nitrogens with zero attached hydrogens (tertiary/aromatic N) is 2. The molecule has 1 amide bonds. The van der Waals surface area contributed by atoms with Gasteiger partial charge in [-0.25, -0.2) is 0 Å². The molecule has 2 rings (SSSR count). The minimum Gasteiger partial charge on any atom is -0.405 e. The van der Waals surface area contributed by atoms with Crippen molar-refractivity contribution in [2.45, 2.75) is 12.9 Å². The molecule has 1 aromatic heterocycles. The van der Waals surface area contributed by atoms with Gasteiger partial charge >= 0.3 is 6.36 Å². The van der Waals surface area contributed by atoms with Gasteiger partial charge in [0.1, 0.15) is 5.75 Å². The topological polar surface area (TPSA) is 64.1 Å². The lowest BCUT2D eigenvalue weighted by atomic mass is 10.2. The van der Waals surface area contributed by atoms with Crippen molar-refractivity contribution < 1.29 is 22.7 Å². The van der Waals surface area contributed by atoms with Gasteiger partial charge in [0.2, 0.25) is 0 Å². The maximum absolute atomic E-state index is 12.2. The van der Waals surface area contributed by atoms with Gasteiger partial charge in [-0.05, 0) is 6.07 Å². The summed E-state index contributed by atoms with van der Waals surface area (Å²) >= 11 is 0.866. The molecule has 0 aliphatic heterocycles. The zero-order valence-corrected chi connectivity index (χ0v) is 10.7. The van der Waals surface area contributed by atoms with Crippen LogP contribution in [0.4, 0.5) is 13.2 Å². The van der Waals surface area contributed by atoms with E-state index in [9.17, 15) is 18.0 Å². The second-order valence-electron chi connectivity index (χ2n) is 3.63. The molecule has 20 heavy (non-hydrogen) atoms. The Hall–Kier alpha value is -2.16. The minimum atomic E-state index is -4.78. The van der Waals surface area contributed by atoms with Crippen molar-refractivity contribution in [1.82, 2.24) is 14.1 Å². The summed E-state index contributed by atoms with van der Waals surface area (Å²) in [4.78, 5) is 11.6. The molecule has 0 bridgehead atoms. The maximum Gasteiger partial charge on any atom is 0.573 e. The van der Waals surface area contributed by atoms with Crippen LogP contribution in [-0.4, -0.2) is 21.0 Å². The number of benzene rings is 1. The smallest absolute Gasteiger partial charge is 0.405 e. The average Bonchev–Trinajstić information content (AvgIpc) is 2.89. The Labute approximate surface area is 115 Å². The van der Waals surface area contributed by atoms with Gasteiger partial charge in [-0.15, -0.1) is 13.2 Å². The zero-order chi connectivity index (χ0) is 14.6. The van der Waals surface area contributed by atoms with E-state index in [2.05, 4.69) is 18.8 Å². The molecule has 0 fully saturated rings. The first-order valence-corrected chi connectivity index (χ1v) is 6.08. The first-order chi connectivity index (χ1) is 9.46. The second kappa shape index (κ2) is 5.87. The van der Waals surface area contributed by atoms with Gasteiger partial charge in [-0.3, -0.25) is 4.79 Å². The third-order valence-corrected chi connectivity index (χ3v) is 2.71. The maximum atomic E-state index is 12.2. The van der Waals surface area contributed by atoms with Crippen LogP contribution in [-0.2, 0) is 6.54 Å². The highest BCUT2D eigenvalue weighted by Gasteiger charge is 2.31. The van der Waals surface area contributed by atoms with E-state index in [1.165, 1.54) is 24.4 Å². The second-order valence-corrected chi connectivity index (χ2v) is 4.19. The van der Waals surface area contributed by atoms with E-state index in [0.717, 1.165) is 11.7 Å². The molecule has 106 valence electrons. The third-order valence-electron chi connectivity index (χ3n) is 2.23. The number of ether oxygens (including phenoxy) is 1. The van der Waals surface area contributed by atoms with Crippen LogP contribution in [0.5, 0.6) is 5.75 Å². The van der Waals surface area contributed by atoms with Crippen LogP contribution < -0.4 is 10.1 Å². The highest BCUT2D eigenvalue weighted by atomic mass is 32.1. The number of halogens is 3. The van der Waals surface area contributed by atoms with Crippen molar-refractivity contribution >= 4 is 17.6 Å². The Morgan fingerprint density at radius 1 is 1.35 bits per heavy atom. The fourth-order valence-electron chi connectivity index (χ4n) is 1.40. The molecule has 0 aliphatic rings. The fourth-order valence-corrected chi connectivity index (χ4v) is 1.82. The van der Waals surface area contributed by atoms with Gasteiger partial charge in [0.05, 0.1) is 17.9 Å². The van der Waals surface area contributed by atoms with E-state index in [1.807, 2.05) is 0 Å². The van der Waals surface area contributed by atoms with Gasteiger partial charge in [-0.2, -0.15) is 8.75 Å². The molecule has 9 heteroatoms. The van der Waals surface area contributed by atoms with Gasteiger partial charge in [-0.1, -0.05) is 18.2 Å². The van der Waals surface area contributed by atoms with E-state index >= 15 is 0 Å². The van der Waals surface area contributed by atoms with Crippen molar-refractivity contribution in [3.05, 3.63) is 41.7 Å². The molecule has 5 nitrogen and oxygen atoms in total. The molecule has 1 N–H and O–H groups in total. The predicted molar refractivity (Wildman–Crippen MR) is 64.2 cm³/mol. The largest absolute Gasteiger partial charge is 0.573 e. The lowest BCUT2D eigenvalue weighted by Gasteiger charge is -2.13. The average molecular weight is 303 g/mol. The molecule has 1 aromatic carbocycles. The SMILES string of the molecule is O=C(NCc1ccccc1OC(F)(F)F)c1cnsn1. The number of hydrogen-bond acceptors (Lipinski definition) is 5. The fraction of sp³-hybridized carbons (Fsp3) is 0.182. The molecule has 0 aliphatic carbocycles. The van der Waals surface area contributed by atoms with E-state index in [0.29, 0.717) is 0 Å². The predicted octanol–water partition coefficient (Wildman–Crippen LogP) is 2.37. The normalized spacial score (nSPS) is 11.2. The number of carbonyl (C=O) groups excluding carboxylic acids is 1. The van der Waals surface area contributed by atoms with E-state index in [4.69, 9.17) is 0 Å². The van der Waals surface area contributed by atoms with Crippen molar-refractivity contribution in [2.75, 3.05) is 0 Å². The summed E-state index contributed by atoms with van der Waals surface area (Å²) in [5.41, 5.74) is 0.325. The number of carbonyl (C=O) groups is 1. The molecule has 0 saturated heterocycles. The van der Waals surface area contributed by atoms with Crippen LogP contribution in [0.25, 0.3) is 0 Å². The van der Waals surface area contributed by atoms with Crippen LogP contribution in [0, 0.1) is 0 Å². The molecule has 0 radical (unpaired) electrons. The first-order valence-electron chi connectivity index (χ1n) is 5.35. The summed E-state index contributed by atoms with van der Waals surface area (Å²) in [6.07, 6.45) is -3.50. The Balaban J connectivity index is 2.04. The molecular weight excluding hydrogens is 295 g/mol. The highest BCUT2D eigenvalue weighted by Crippen LogP contribution is 2.26. The Kier molecular flexibility index (Phi) is 4.18. The van der Waals surface area contributed by atoms with E-state index in [-0.39, 0.29) is 23.6 Å². The third kappa shape index (κ3) is 3.92. The van der Waals surface area contributed by atoms with Crippen LogP contribution in [0.1, 0.15) is 16.1 Å². The monoisotopic (exact) mass is 303 g/mol.